The van der Waals surface area contributed by atoms with Crippen LogP contribution >= 0.6 is 0 Å². The second-order valence-corrected chi connectivity index (χ2v) is 7.44. The lowest BCUT2D eigenvalue weighted by molar-refractivity contribution is 0.131. The zero-order valence-corrected chi connectivity index (χ0v) is 11.3. The highest BCUT2D eigenvalue weighted by atomic mass is 32.2. The zero-order valence-electron chi connectivity index (χ0n) is 10.5. The first-order valence-electron chi connectivity index (χ1n) is 6.39. The van der Waals surface area contributed by atoms with Gasteiger partial charge in [-0.25, -0.2) is 0 Å². The molecule has 94 valence electrons. The van der Waals surface area contributed by atoms with Gasteiger partial charge >= 0.3 is 0 Å². The van der Waals surface area contributed by atoms with Crippen molar-refractivity contribution >= 4 is 10.8 Å². The molecule has 0 bridgehead atoms. The smallest absolute Gasteiger partial charge is 0.0363 e. The van der Waals surface area contributed by atoms with E-state index in [2.05, 4.69) is 24.1 Å². The summed E-state index contributed by atoms with van der Waals surface area (Å²) in [7, 11) is -0.549. The summed E-state index contributed by atoms with van der Waals surface area (Å²) in [5.41, 5.74) is 0.412. The van der Waals surface area contributed by atoms with Gasteiger partial charge < -0.3 is 5.32 Å². The predicted octanol–water partition coefficient (Wildman–Crippen LogP) is 0.829. The summed E-state index contributed by atoms with van der Waals surface area (Å²) in [6.07, 6.45) is 2.62. The molecule has 2 aliphatic rings. The third-order valence-corrected chi connectivity index (χ3v) is 5.32. The van der Waals surface area contributed by atoms with Crippen LogP contribution in [-0.4, -0.2) is 52.8 Å². The lowest BCUT2D eigenvalue weighted by atomic mass is 9.77. The molecule has 1 N–H and O–H groups in total. The Labute approximate surface area is 101 Å². The summed E-state index contributed by atoms with van der Waals surface area (Å²) in [5.74, 6) is 1.74. The highest BCUT2D eigenvalue weighted by molar-refractivity contribution is 7.85. The first-order chi connectivity index (χ1) is 7.58. The Hall–Kier alpha value is 0.0700. The monoisotopic (exact) mass is 244 g/mol. The highest BCUT2D eigenvalue weighted by Gasteiger charge is 2.33. The minimum Gasteiger partial charge on any atom is -0.312 e. The van der Waals surface area contributed by atoms with Crippen molar-refractivity contribution in [1.82, 2.24) is 10.2 Å². The van der Waals surface area contributed by atoms with Gasteiger partial charge in [-0.2, -0.15) is 0 Å². The summed E-state index contributed by atoms with van der Waals surface area (Å²) >= 11 is 0. The summed E-state index contributed by atoms with van der Waals surface area (Å²) < 4.78 is 11.3. The van der Waals surface area contributed by atoms with Crippen LogP contribution in [0.2, 0.25) is 0 Å². The van der Waals surface area contributed by atoms with Gasteiger partial charge in [-0.3, -0.25) is 9.11 Å². The summed E-state index contributed by atoms with van der Waals surface area (Å²) in [6.45, 7) is 9.05. The van der Waals surface area contributed by atoms with Crippen LogP contribution in [-0.2, 0) is 10.8 Å². The highest BCUT2D eigenvalue weighted by Crippen LogP contribution is 2.30. The molecule has 0 saturated carbocycles. The second-order valence-electron chi connectivity index (χ2n) is 5.75. The Morgan fingerprint density at radius 2 is 2.06 bits per heavy atom. The van der Waals surface area contributed by atoms with Crippen molar-refractivity contribution in [3.63, 3.8) is 0 Å². The van der Waals surface area contributed by atoms with Gasteiger partial charge in [-0.15, -0.1) is 0 Å². The Bertz CT molecular complexity index is 258. The maximum Gasteiger partial charge on any atom is 0.0363 e. The van der Waals surface area contributed by atoms with Gasteiger partial charge in [0, 0.05) is 48.0 Å². The molecule has 0 radical (unpaired) electrons. The molecule has 1 atom stereocenters. The average Bonchev–Trinajstić information content (AvgIpc) is 2.24. The molecule has 0 aliphatic carbocycles. The van der Waals surface area contributed by atoms with Crippen molar-refractivity contribution in [2.45, 2.75) is 32.7 Å². The first-order valence-corrected chi connectivity index (χ1v) is 7.87. The van der Waals surface area contributed by atoms with E-state index in [0.717, 1.165) is 37.7 Å². The number of nitrogens with one attached hydrogen (secondary N) is 1. The Morgan fingerprint density at radius 1 is 1.38 bits per heavy atom. The maximum absolute atomic E-state index is 11.3. The van der Waals surface area contributed by atoms with E-state index in [1.165, 1.54) is 12.8 Å². The normalized spacial score (nSPS) is 32.8. The summed E-state index contributed by atoms with van der Waals surface area (Å²) in [4.78, 5) is 2.48. The Kier molecular flexibility index (Phi) is 4.03. The molecule has 0 amide bonds. The molecule has 2 aliphatic heterocycles. The fourth-order valence-corrected chi connectivity index (χ4v) is 3.83. The van der Waals surface area contributed by atoms with Gasteiger partial charge in [0.2, 0.25) is 0 Å². The van der Waals surface area contributed by atoms with E-state index in [1.54, 1.807) is 0 Å². The van der Waals surface area contributed by atoms with Crippen LogP contribution in [0.1, 0.15) is 26.7 Å². The van der Waals surface area contributed by atoms with Gasteiger partial charge in [0.15, 0.2) is 0 Å². The number of piperidine rings is 1. The molecule has 2 rings (SSSR count). The molecule has 2 saturated heterocycles. The second kappa shape index (κ2) is 5.15. The van der Waals surface area contributed by atoms with Gasteiger partial charge in [-0.05, 0) is 24.8 Å². The molecule has 1 unspecified atom stereocenters. The zero-order chi connectivity index (χ0) is 11.6. The number of hydrogen-bond donors (Lipinski definition) is 1. The molecular weight excluding hydrogens is 220 g/mol. The van der Waals surface area contributed by atoms with Crippen molar-refractivity contribution < 1.29 is 4.21 Å². The van der Waals surface area contributed by atoms with Crippen LogP contribution in [0, 0.1) is 5.41 Å². The summed E-state index contributed by atoms with van der Waals surface area (Å²) in [6, 6.07) is 0.604. The van der Waals surface area contributed by atoms with Crippen molar-refractivity contribution in [1.29, 1.82) is 0 Å². The minimum absolute atomic E-state index is 0.412. The standard InChI is InChI=1S/C12H24N2OS/c1-12(2)4-3-5-13-11(12)10-14-6-8-16(15)9-7-14/h11,13H,3-10H2,1-2H3. The van der Waals surface area contributed by atoms with Crippen LogP contribution < -0.4 is 5.32 Å². The SMILES string of the molecule is CC1(C)CCCNC1CN1CCS(=O)CC1. The molecule has 2 fully saturated rings. The largest absolute Gasteiger partial charge is 0.312 e. The first kappa shape index (κ1) is 12.5. The molecule has 3 nitrogen and oxygen atoms in total. The van der Waals surface area contributed by atoms with Gasteiger partial charge in [0.1, 0.15) is 0 Å². The van der Waals surface area contributed by atoms with E-state index in [1.807, 2.05) is 0 Å². The Balaban J connectivity index is 1.86. The van der Waals surface area contributed by atoms with E-state index in [9.17, 15) is 4.21 Å². The molecule has 0 aromatic carbocycles. The number of rotatable bonds is 2. The van der Waals surface area contributed by atoms with Crippen LogP contribution in [0.4, 0.5) is 0 Å². The average molecular weight is 244 g/mol. The number of nitrogens with zero attached hydrogens (tertiary/aromatic N) is 1. The van der Waals surface area contributed by atoms with E-state index < -0.39 is 10.8 Å². The van der Waals surface area contributed by atoms with E-state index in [4.69, 9.17) is 0 Å². The maximum atomic E-state index is 11.3. The van der Waals surface area contributed by atoms with Crippen LogP contribution in [0.5, 0.6) is 0 Å². The quantitative estimate of drug-likeness (QED) is 0.781. The van der Waals surface area contributed by atoms with Gasteiger partial charge in [0.25, 0.3) is 0 Å². The topological polar surface area (TPSA) is 32.3 Å². The number of hydrogen-bond acceptors (Lipinski definition) is 3. The lowest BCUT2D eigenvalue weighted by Gasteiger charge is -2.42. The minimum atomic E-state index is -0.549. The van der Waals surface area contributed by atoms with Crippen LogP contribution in [0.15, 0.2) is 0 Å². The molecule has 0 aromatic rings. The van der Waals surface area contributed by atoms with E-state index >= 15 is 0 Å². The van der Waals surface area contributed by atoms with E-state index in [-0.39, 0.29) is 0 Å². The van der Waals surface area contributed by atoms with Crippen LogP contribution in [0.25, 0.3) is 0 Å². The Morgan fingerprint density at radius 3 is 2.69 bits per heavy atom. The summed E-state index contributed by atoms with van der Waals surface area (Å²) in [5, 5.41) is 3.65. The van der Waals surface area contributed by atoms with Crippen molar-refractivity contribution in [2.75, 3.05) is 37.7 Å². The predicted molar refractivity (Wildman–Crippen MR) is 69.1 cm³/mol. The van der Waals surface area contributed by atoms with Crippen molar-refractivity contribution in [2.24, 2.45) is 5.41 Å². The molecule has 0 spiro atoms. The van der Waals surface area contributed by atoms with Gasteiger partial charge in [0.05, 0.1) is 0 Å². The third kappa shape index (κ3) is 3.05. The molecular formula is C12H24N2OS. The van der Waals surface area contributed by atoms with Gasteiger partial charge in [-0.1, -0.05) is 13.8 Å². The molecule has 0 aromatic heterocycles. The fourth-order valence-electron chi connectivity index (χ4n) is 2.70. The molecule has 16 heavy (non-hydrogen) atoms. The lowest BCUT2D eigenvalue weighted by Crippen LogP contribution is -2.54. The molecule has 2 heterocycles. The van der Waals surface area contributed by atoms with E-state index in [0.29, 0.717) is 11.5 Å². The molecule has 4 heteroatoms. The van der Waals surface area contributed by atoms with Crippen molar-refractivity contribution in [3.05, 3.63) is 0 Å². The van der Waals surface area contributed by atoms with Crippen molar-refractivity contribution in [3.8, 4) is 0 Å². The fraction of sp³-hybridized carbons (Fsp3) is 1.00. The third-order valence-electron chi connectivity index (χ3n) is 4.04. The van der Waals surface area contributed by atoms with Crippen LogP contribution in [0.3, 0.4) is 0 Å².